The van der Waals surface area contributed by atoms with Gasteiger partial charge in [0.2, 0.25) is 0 Å². The molecule has 1 aromatic carbocycles. The van der Waals surface area contributed by atoms with Crippen LogP contribution in [-0.2, 0) is 0 Å². The van der Waals surface area contributed by atoms with Crippen LogP contribution in [0.4, 0.5) is 11.4 Å². The summed E-state index contributed by atoms with van der Waals surface area (Å²) in [6.45, 7) is 4.36. The molecule has 1 unspecified atom stereocenters. The van der Waals surface area contributed by atoms with Gasteiger partial charge in [-0.1, -0.05) is 13.8 Å². The van der Waals surface area contributed by atoms with Crippen LogP contribution in [0.15, 0.2) is 18.2 Å². The summed E-state index contributed by atoms with van der Waals surface area (Å²) in [5.41, 5.74) is 0.872. The second-order valence-electron chi connectivity index (χ2n) is 5.61. The van der Waals surface area contributed by atoms with Crippen molar-refractivity contribution in [1.29, 1.82) is 5.26 Å². The molecule has 0 amide bonds. The van der Waals surface area contributed by atoms with Crippen molar-refractivity contribution in [2.45, 2.75) is 26.3 Å². The van der Waals surface area contributed by atoms with Gasteiger partial charge in [-0.3, -0.25) is 10.1 Å². The smallest absolute Gasteiger partial charge is 0.293 e. The lowest BCUT2D eigenvalue weighted by atomic mass is 9.82. The molecule has 0 aromatic heterocycles. The zero-order valence-electron chi connectivity index (χ0n) is 11.5. The Labute approximate surface area is 122 Å². The van der Waals surface area contributed by atoms with Crippen LogP contribution in [0.5, 0.6) is 0 Å². The molecule has 0 spiro atoms. The minimum atomic E-state index is -0.438. The quantitative estimate of drug-likeness (QED) is 0.682. The monoisotopic (exact) mass is 291 g/mol. The van der Waals surface area contributed by atoms with Crippen LogP contribution in [-0.4, -0.2) is 22.5 Å². The van der Waals surface area contributed by atoms with E-state index in [-0.39, 0.29) is 17.1 Å². The van der Waals surface area contributed by atoms with Crippen molar-refractivity contribution < 1.29 is 4.92 Å². The average molecular weight is 291 g/mol. The lowest BCUT2D eigenvalue weighted by Crippen LogP contribution is -2.41. The fourth-order valence-electron chi connectivity index (χ4n) is 2.24. The lowest BCUT2D eigenvalue weighted by Gasteiger charge is -2.39. The van der Waals surface area contributed by atoms with Crippen LogP contribution < -0.4 is 5.32 Å². The minimum absolute atomic E-state index is 0.0320. The molecule has 1 saturated heterocycles. The fraction of sp³-hybridized carbons (Fsp3) is 0.500. The van der Waals surface area contributed by atoms with E-state index in [0.717, 1.165) is 17.9 Å². The number of nitrogens with one attached hydrogen (secondary N) is 1. The van der Waals surface area contributed by atoms with Crippen molar-refractivity contribution in [2.75, 3.05) is 16.8 Å². The van der Waals surface area contributed by atoms with Gasteiger partial charge in [0, 0.05) is 17.9 Å². The van der Waals surface area contributed by atoms with E-state index < -0.39 is 4.92 Å². The molecule has 0 bridgehead atoms. The van der Waals surface area contributed by atoms with Gasteiger partial charge in [-0.25, -0.2) is 0 Å². The molecule has 5 nitrogen and oxygen atoms in total. The van der Waals surface area contributed by atoms with E-state index in [9.17, 15) is 10.1 Å². The number of hydrogen-bond acceptors (Lipinski definition) is 5. The third kappa shape index (κ3) is 3.05. The molecule has 0 saturated carbocycles. The van der Waals surface area contributed by atoms with Gasteiger partial charge in [0.25, 0.3) is 5.69 Å². The number of rotatable bonds is 3. The summed E-state index contributed by atoms with van der Waals surface area (Å²) in [6, 6.07) is 6.69. The number of nitrogens with zero attached hydrogens (tertiary/aromatic N) is 2. The number of anilines is 1. The molecule has 2 rings (SSSR count). The molecule has 1 heterocycles. The molecular formula is C14H17N3O2S. The Hall–Kier alpha value is -1.74. The van der Waals surface area contributed by atoms with Crippen LogP contribution in [0, 0.1) is 26.9 Å². The van der Waals surface area contributed by atoms with Crippen LogP contribution in [0.3, 0.4) is 0 Å². The van der Waals surface area contributed by atoms with Crippen LogP contribution in [0.1, 0.15) is 25.8 Å². The summed E-state index contributed by atoms with van der Waals surface area (Å²) in [6.07, 6.45) is 1.08. The summed E-state index contributed by atoms with van der Waals surface area (Å²) < 4.78 is 0. The highest BCUT2D eigenvalue weighted by atomic mass is 32.2. The van der Waals surface area contributed by atoms with Crippen LogP contribution >= 0.6 is 11.8 Å². The van der Waals surface area contributed by atoms with Crippen molar-refractivity contribution in [3.63, 3.8) is 0 Å². The molecule has 1 fully saturated rings. The van der Waals surface area contributed by atoms with Gasteiger partial charge in [-0.2, -0.15) is 17.0 Å². The number of nitro benzene ring substituents is 1. The van der Waals surface area contributed by atoms with Gasteiger partial charge in [0.05, 0.1) is 16.6 Å². The largest absolute Gasteiger partial charge is 0.375 e. The predicted molar refractivity (Wildman–Crippen MR) is 80.9 cm³/mol. The van der Waals surface area contributed by atoms with Crippen molar-refractivity contribution in [3.05, 3.63) is 33.9 Å². The van der Waals surface area contributed by atoms with Gasteiger partial charge < -0.3 is 5.32 Å². The Morgan fingerprint density at radius 3 is 2.90 bits per heavy atom. The van der Waals surface area contributed by atoms with Gasteiger partial charge in [-0.15, -0.1) is 0 Å². The molecule has 6 heteroatoms. The lowest BCUT2D eigenvalue weighted by molar-refractivity contribution is -0.384. The van der Waals surface area contributed by atoms with E-state index in [0.29, 0.717) is 11.3 Å². The van der Waals surface area contributed by atoms with E-state index in [1.54, 1.807) is 12.1 Å². The molecule has 1 N–H and O–H groups in total. The highest BCUT2D eigenvalue weighted by Crippen LogP contribution is 2.37. The van der Waals surface area contributed by atoms with Gasteiger partial charge in [0.15, 0.2) is 0 Å². The molecule has 1 aromatic rings. The molecule has 106 valence electrons. The van der Waals surface area contributed by atoms with Gasteiger partial charge in [-0.05, 0) is 29.7 Å². The summed E-state index contributed by atoms with van der Waals surface area (Å²) in [4.78, 5) is 10.7. The molecule has 0 aliphatic carbocycles. The first-order chi connectivity index (χ1) is 9.44. The Bertz CT molecular complexity index is 566. The maximum atomic E-state index is 11.1. The molecule has 0 radical (unpaired) electrons. The zero-order valence-corrected chi connectivity index (χ0v) is 12.4. The Morgan fingerprint density at radius 1 is 1.55 bits per heavy atom. The number of nitriles is 1. The van der Waals surface area contributed by atoms with Gasteiger partial charge >= 0.3 is 0 Å². The normalized spacial score (nSPS) is 20.9. The maximum absolute atomic E-state index is 11.1. The van der Waals surface area contributed by atoms with Crippen molar-refractivity contribution in [1.82, 2.24) is 0 Å². The third-order valence-electron chi connectivity index (χ3n) is 3.77. The second kappa shape index (κ2) is 5.71. The Kier molecular flexibility index (Phi) is 4.19. The average Bonchev–Trinajstić information content (AvgIpc) is 2.41. The van der Waals surface area contributed by atoms with E-state index in [1.165, 1.54) is 6.07 Å². The van der Waals surface area contributed by atoms with Crippen molar-refractivity contribution in [3.8, 4) is 6.07 Å². The van der Waals surface area contributed by atoms with E-state index in [2.05, 4.69) is 19.2 Å². The van der Waals surface area contributed by atoms with E-state index in [4.69, 9.17) is 5.26 Å². The van der Waals surface area contributed by atoms with Gasteiger partial charge in [0.1, 0.15) is 5.69 Å². The molecule has 1 aliphatic heterocycles. The highest BCUT2D eigenvalue weighted by molar-refractivity contribution is 7.99. The molecule has 1 aliphatic rings. The second-order valence-corrected chi connectivity index (χ2v) is 6.76. The predicted octanol–water partition coefficient (Wildman–Crippen LogP) is 3.41. The third-order valence-corrected chi connectivity index (χ3v) is 4.83. The first-order valence-corrected chi connectivity index (χ1v) is 7.62. The molecule has 1 atom stereocenters. The first kappa shape index (κ1) is 14.7. The SMILES string of the molecule is CC1(C)CCSCC1Nc1ccc(C#N)cc1[N+](=O)[O-]. The zero-order chi connectivity index (χ0) is 14.8. The molecule has 20 heavy (non-hydrogen) atoms. The summed E-state index contributed by atoms with van der Waals surface area (Å²) in [5, 5.41) is 23.3. The summed E-state index contributed by atoms with van der Waals surface area (Å²) in [7, 11) is 0. The summed E-state index contributed by atoms with van der Waals surface area (Å²) in [5.74, 6) is 2.06. The number of hydrogen-bond donors (Lipinski definition) is 1. The Morgan fingerprint density at radius 2 is 2.30 bits per heavy atom. The van der Waals surface area contributed by atoms with Crippen molar-refractivity contribution in [2.24, 2.45) is 5.41 Å². The summed E-state index contributed by atoms with van der Waals surface area (Å²) >= 11 is 1.86. The Balaban J connectivity index is 2.29. The number of nitro groups is 1. The first-order valence-electron chi connectivity index (χ1n) is 6.47. The highest BCUT2D eigenvalue weighted by Gasteiger charge is 2.33. The van der Waals surface area contributed by atoms with Crippen LogP contribution in [0.25, 0.3) is 0 Å². The van der Waals surface area contributed by atoms with E-state index in [1.807, 2.05) is 17.8 Å². The van der Waals surface area contributed by atoms with Crippen molar-refractivity contribution >= 4 is 23.1 Å². The fourth-order valence-corrected chi connectivity index (χ4v) is 3.84. The number of benzene rings is 1. The van der Waals surface area contributed by atoms with E-state index >= 15 is 0 Å². The molecular weight excluding hydrogens is 274 g/mol. The van der Waals surface area contributed by atoms with Crippen LogP contribution in [0.2, 0.25) is 0 Å². The number of thioether (sulfide) groups is 1. The topological polar surface area (TPSA) is 79.0 Å². The minimum Gasteiger partial charge on any atom is -0.375 e. The maximum Gasteiger partial charge on any atom is 0.293 e. The standard InChI is InChI=1S/C14H17N3O2S/c1-14(2)5-6-20-9-13(14)16-11-4-3-10(8-15)7-12(11)17(18)19/h3-4,7,13,16H,5-6,9H2,1-2H3.